The summed E-state index contributed by atoms with van der Waals surface area (Å²) in [7, 11) is -1.98. The van der Waals surface area contributed by atoms with Gasteiger partial charge in [-0.25, -0.2) is 12.8 Å². The molecule has 0 aromatic heterocycles. The molecule has 0 amide bonds. The Hall–Kier alpha value is -0.980. The topological polar surface area (TPSA) is 46.6 Å². The van der Waals surface area contributed by atoms with Gasteiger partial charge in [0.25, 0.3) is 0 Å². The zero-order chi connectivity index (χ0) is 15.3. The Morgan fingerprint density at radius 1 is 1.25 bits per heavy atom. The predicted octanol–water partition coefficient (Wildman–Crippen LogP) is 2.57. The molecule has 0 aliphatic rings. The van der Waals surface area contributed by atoms with Gasteiger partial charge in [0.1, 0.15) is 5.82 Å². The minimum Gasteiger partial charge on any atom is -0.383 e. The number of nitrogens with zero attached hydrogens (tertiary/aromatic N) is 1. The van der Waals surface area contributed by atoms with Crippen LogP contribution in [-0.4, -0.2) is 38.2 Å². The van der Waals surface area contributed by atoms with Crippen LogP contribution in [0.2, 0.25) is 0 Å². The molecule has 2 atom stereocenters. The fraction of sp³-hybridized carbons (Fsp3) is 0.571. The van der Waals surface area contributed by atoms with Gasteiger partial charge in [0.2, 0.25) is 10.0 Å². The highest BCUT2D eigenvalue weighted by atomic mass is 32.2. The minimum absolute atomic E-state index is 0.148. The number of ether oxygens (including phenoxy) is 1. The molecule has 4 nitrogen and oxygen atoms in total. The van der Waals surface area contributed by atoms with E-state index in [9.17, 15) is 12.8 Å². The highest BCUT2D eigenvalue weighted by Gasteiger charge is 2.31. The molecule has 0 saturated carbocycles. The number of methoxy groups -OCH3 is 1. The molecule has 20 heavy (non-hydrogen) atoms. The lowest BCUT2D eigenvalue weighted by atomic mass is 10.1. The third kappa shape index (κ3) is 3.77. The number of hydrogen-bond acceptors (Lipinski definition) is 3. The Morgan fingerprint density at radius 3 is 2.25 bits per heavy atom. The molecule has 0 heterocycles. The van der Waals surface area contributed by atoms with Crippen LogP contribution in [0.15, 0.2) is 24.3 Å². The molecule has 0 saturated heterocycles. The Balaban J connectivity index is 3.03. The highest BCUT2D eigenvalue weighted by Crippen LogP contribution is 2.25. The maximum Gasteiger partial charge on any atom is 0.219 e. The lowest BCUT2D eigenvalue weighted by Crippen LogP contribution is -2.40. The average Bonchev–Trinajstić information content (AvgIpc) is 2.40. The van der Waals surface area contributed by atoms with Gasteiger partial charge in [-0.15, -0.1) is 0 Å². The van der Waals surface area contributed by atoms with Crippen LogP contribution in [-0.2, 0) is 14.8 Å². The third-order valence-electron chi connectivity index (χ3n) is 3.33. The summed E-state index contributed by atoms with van der Waals surface area (Å²) in [6.45, 7) is 5.72. The molecule has 114 valence electrons. The molecule has 2 unspecified atom stereocenters. The van der Waals surface area contributed by atoms with Crippen molar-refractivity contribution >= 4 is 10.0 Å². The molecular formula is C14H22FNO3S. The van der Waals surface area contributed by atoms with Crippen molar-refractivity contribution in [3.63, 3.8) is 0 Å². The summed E-state index contributed by atoms with van der Waals surface area (Å²) in [5.41, 5.74) is 0.765. The first-order chi connectivity index (χ1) is 9.34. The summed E-state index contributed by atoms with van der Waals surface area (Å²) in [6, 6.07) is 5.55. The van der Waals surface area contributed by atoms with Crippen LogP contribution in [0.3, 0.4) is 0 Å². The molecule has 0 N–H and O–H groups in total. The van der Waals surface area contributed by atoms with Gasteiger partial charge in [0.05, 0.1) is 11.9 Å². The molecule has 0 aliphatic heterocycles. The van der Waals surface area contributed by atoms with Crippen LogP contribution in [0, 0.1) is 5.82 Å². The van der Waals surface area contributed by atoms with Gasteiger partial charge in [0.15, 0.2) is 0 Å². The molecule has 6 heteroatoms. The largest absolute Gasteiger partial charge is 0.383 e. The second-order valence-electron chi connectivity index (χ2n) is 4.74. The molecule has 0 aliphatic carbocycles. The summed E-state index contributed by atoms with van der Waals surface area (Å²) in [5, 5.41) is -0.615. The van der Waals surface area contributed by atoms with E-state index in [1.807, 2.05) is 0 Å². The highest BCUT2D eigenvalue weighted by molar-refractivity contribution is 7.89. The first kappa shape index (κ1) is 17.1. The molecule has 1 rings (SSSR count). The van der Waals surface area contributed by atoms with Gasteiger partial charge < -0.3 is 4.74 Å². The van der Waals surface area contributed by atoms with Gasteiger partial charge in [-0.2, -0.15) is 4.31 Å². The summed E-state index contributed by atoms with van der Waals surface area (Å²) in [6.07, 6.45) is 0. The van der Waals surface area contributed by atoms with Crippen LogP contribution < -0.4 is 0 Å². The van der Waals surface area contributed by atoms with Crippen LogP contribution in [0.1, 0.15) is 32.4 Å². The third-order valence-corrected chi connectivity index (χ3v) is 5.71. The average molecular weight is 303 g/mol. The van der Waals surface area contributed by atoms with Gasteiger partial charge in [0, 0.05) is 19.7 Å². The lowest BCUT2D eigenvalue weighted by Gasteiger charge is -2.30. The first-order valence-corrected chi connectivity index (χ1v) is 8.10. The zero-order valence-corrected chi connectivity index (χ0v) is 13.2. The van der Waals surface area contributed by atoms with Crippen molar-refractivity contribution in [2.45, 2.75) is 32.1 Å². The van der Waals surface area contributed by atoms with E-state index in [1.165, 1.54) is 23.5 Å². The molecule has 0 radical (unpaired) electrons. The SMILES string of the molecule is CCN(C(C)c1ccc(F)cc1)S(=O)(=O)C(C)COC. The second-order valence-corrected chi connectivity index (χ2v) is 7.05. The lowest BCUT2D eigenvalue weighted by molar-refractivity contribution is 0.197. The Bertz CT molecular complexity index is 516. The monoisotopic (exact) mass is 303 g/mol. The predicted molar refractivity (Wildman–Crippen MR) is 77.5 cm³/mol. The first-order valence-electron chi connectivity index (χ1n) is 6.59. The van der Waals surface area contributed by atoms with Crippen LogP contribution in [0.4, 0.5) is 4.39 Å². The normalized spacial score (nSPS) is 15.3. The number of benzene rings is 1. The van der Waals surface area contributed by atoms with E-state index >= 15 is 0 Å². The van der Waals surface area contributed by atoms with E-state index in [2.05, 4.69) is 0 Å². The summed E-state index contributed by atoms with van der Waals surface area (Å²) in [4.78, 5) is 0. The van der Waals surface area contributed by atoms with Crippen molar-refractivity contribution in [2.24, 2.45) is 0 Å². The van der Waals surface area contributed by atoms with E-state index < -0.39 is 15.3 Å². The van der Waals surface area contributed by atoms with E-state index in [4.69, 9.17) is 4.74 Å². The van der Waals surface area contributed by atoms with Crippen molar-refractivity contribution in [1.82, 2.24) is 4.31 Å². The Kier molecular flexibility index (Phi) is 6.10. The fourth-order valence-electron chi connectivity index (χ4n) is 2.13. The van der Waals surface area contributed by atoms with Gasteiger partial charge in [-0.3, -0.25) is 0 Å². The summed E-state index contributed by atoms with van der Waals surface area (Å²) in [5.74, 6) is -0.334. The Morgan fingerprint density at radius 2 is 1.80 bits per heavy atom. The van der Waals surface area contributed by atoms with Crippen molar-refractivity contribution in [3.05, 3.63) is 35.6 Å². The van der Waals surface area contributed by atoms with Crippen molar-refractivity contribution in [2.75, 3.05) is 20.3 Å². The minimum atomic E-state index is -3.46. The molecule has 1 aromatic carbocycles. The van der Waals surface area contributed by atoms with E-state index in [0.29, 0.717) is 6.54 Å². The van der Waals surface area contributed by atoms with Gasteiger partial charge in [-0.05, 0) is 31.5 Å². The standard InChI is InChI=1S/C14H22FNO3S/c1-5-16(20(17,18)11(2)10-19-4)12(3)13-6-8-14(15)9-7-13/h6-9,11-12H,5,10H2,1-4H3. The van der Waals surface area contributed by atoms with Crippen molar-refractivity contribution < 1.29 is 17.5 Å². The van der Waals surface area contributed by atoms with Gasteiger partial charge in [-0.1, -0.05) is 19.1 Å². The van der Waals surface area contributed by atoms with Crippen LogP contribution in [0.5, 0.6) is 0 Å². The quantitative estimate of drug-likeness (QED) is 0.778. The maximum absolute atomic E-state index is 12.9. The Labute approximate surface area is 120 Å². The van der Waals surface area contributed by atoms with E-state index in [-0.39, 0.29) is 18.5 Å². The van der Waals surface area contributed by atoms with Crippen LogP contribution in [0.25, 0.3) is 0 Å². The van der Waals surface area contributed by atoms with Gasteiger partial charge >= 0.3 is 0 Å². The second kappa shape index (κ2) is 7.15. The molecule has 0 fully saturated rings. The zero-order valence-electron chi connectivity index (χ0n) is 12.3. The maximum atomic E-state index is 12.9. The molecule has 0 spiro atoms. The smallest absolute Gasteiger partial charge is 0.219 e. The van der Waals surface area contributed by atoms with E-state index in [0.717, 1.165) is 5.56 Å². The van der Waals surface area contributed by atoms with Crippen molar-refractivity contribution in [1.29, 1.82) is 0 Å². The van der Waals surface area contributed by atoms with Crippen molar-refractivity contribution in [3.8, 4) is 0 Å². The number of sulfonamides is 1. The summed E-state index contributed by atoms with van der Waals surface area (Å²) < 4.78 is 44.3. The fourth-order valence-corrected chi connectivity index (χ4v) is 3.83. The molecule has 1 aromatic rings. The summed E-state index contributed by atoms with van der Waals surface area (Å²) >= 11 is 0. The molecular weight excluding hydrogens is 281 g/mol. The molecule has 0 bridgehead atoms. The van der Waals surface area contributed by atoms with Crippen LogP contribution >= 0.6 is 0 Å². The number of halogens is 1. The number of hydrogen-bond donors (Lipinski definition) is 0. The van der Waals surface area contributed by atoms with E-state index in [1.54, 1.807) is 32.9 Å². The number of rotatable bonds is 7.